The predicted octanol–water partition coefficient (Wildman–Crippen LogP) is -1.64. The molecule has 0 saturated heterocycles. The number of hydrogen-bond acceptors (Lipinski definition) is 5. The van der Waals surface area contributed by atoms with Crippen LogP contribution in [0.3, 0.4) is 0 Å². The van der Waals surface area contributed by atoms with Gasteiger partial charge >= 0.3 is 5.97 Å². The summed E-state index contributed by atoms with van der Waals surface area (Å²) in [5.41, 5.74) is 9.14. The normalized spacial score (nSPS) is 13.4. The van der Waals surface area contributed by atoms with Crippen molar-refractivity contribution in [1.82, 2.24) is 0 Å². The van der Waals surface area contributed by atoms with E-state index in [9.17, 15) is 9.59 Å². The number of carbonyl (C=O) groups excluding carboxylic acids is 2. The maximum absolute atomic E-state index is 10.9. The molecule has 0 aromatic rings. The molecule has 0 rings (SSSR count). The molecule has 6 nitrogen and oxygen atoms in total. The van der Waals surface area contributed by atoms with Gasteiger partial charge in [-0.15, -0.1) is 0 Å². The first-order valence-electron chi connectivity index (χ1n) is 4.15. The molecule has 0 heterocycles. The maximum Gasteiger partial charge on any atom is 0.320 e. The van der Waals surface area contributed by atoms with Gasteiger partial charge in [-0.3, -0.25) is 9.59 Å². The molecule has 0 aliphatic heterocycles. The maximum atomic E-state index is 10.9. The van der Waals surface area contributed by atoms with E-state index in [1.54, 1.807) is 13.8 Å². The minimum atomic E-state index is -1.16. The number of ether oxygens (including phenoxy) is 1. The summed E-state index contributed by atoms with van der Waals surface area (Å²) in [7, 11) is 0. The van der Waals surface area contributed by atoms with Crippen molar-refractivity contribution in [2.75, 3.05) is 13.2 Å². The Kier molecular flexibility index (Phi) is 4.52. The molecule has 6 heteroatoms. The van der Waals surface area contributed by atoms with Crippen LogP contribution in [0.15, 0.2) is 0 Å². The molecule has 5 N–H and O–H groups in total. The smallest absolute Gasteiger partial charge is 0.320 e. The summed E-state index contributed by atoms with van der Waals surface area (Å²) in [5.74, 6) is -1.53. The van der Waals surface area contributed by atoms with Crippen molar-refractivity contribution < 1.29 is 19.4 Å². The van der Waals surface area contributed by atoms with E-state index < -0.39 is 23.4 Å². The average molecular weight is 204 g/mol. The lowest BCUT2D eigenvalue weighted by atomic mass is 9.87. The molecular formula is C8H16N2O4. The van der Waals surface area contributed by atoms with Gasteiger partial charge in [0.1, 0.15) is 0 Å². The average Bonchev–Trinajstić information content (AvgIpc) is 2.12. The Balaban J connectivity index is 4.61. The monoisotopic (exact) mass is 204 g/mol. The third kappa shape index (κ3) is 3.31. The lowest BCUT2D eigenvalue weighted by Gasteiger charge is -2.29. The second kappa shape index (κ2) is 4.92. The third-order valence-electron chi connectivity index (χ3n) is 1.79. The van der Waals surface area contributed by atoms with Gasteiger partial charge in [0, 0.05) is 5.41 Å². The van der Waals surface area contributed by atoms with Gasteiger partial charge in [0.2, 0.25) is 0 Å². The van der Waals surface area contributed by atoms with Crippen molar-refractivity contribution in [2.24, 2.45) is 16.9 Å². The fourth-order valence-electron chi connectivity index (χ4n) is 0.865. The van der Waals surface area contributed by atoms with Crippen LogP contribution in [0, 0.1) is 5.41 Å². The third-order valence-corrected chi connectivity index (χ3v) is 1.79. The Labute approximate surface area is 82.2 Å². The van der Waals surface area contributed by atoms with Crippen LogP contribution in [0.1, 0.15) is 13.8 Å². The number of amides is 1. The Morgan fingerprint density at radius 3 is 2.29 bits per heavy atom. The molecule has 0 unspecified atom stereocenters. The van der Waals surface area contributed by atoms with Crippen molar-refractivity contribution >= 4 is 11.9 Å². The van der Waals surface area contributed by atoms with E-state index in [4.69, 9.17) is 21.3 Å². The second-order valence-corrected chi connectivity index (χ2v) is 3.62. The molecule has 1 atom stereocenters. The number of aliphatic hydroxyl groups is 1. The molecule has 14 heavy (non-hydrogen) atoms. The highest BCUT2D eigenvalue weighted by Gasteiger charge is 2.36. The van der Waals surface area contributed by atoms with E-state index >= 15 is 0 Å². The van der Waals surface area contributed by atoms with Gasteiger partial charge in [-0.1, -0.05) is 13.8 Å². The Morgan fingerprint density at radius 2 is 2.00 bits per heavy atom. The van der Waals surface area contributed by atoms with Crippen LogP contribution in [0.25, 0.3) is 0 Å². The van der Waals surface area contributed by atoms with Gasteiger partial charge in [0.15, 0.2) is 6.10 Å². The van der Waals surface area contributed by atoms with Crippen molar-refractivity contribution in [3.05, 3.63) is 0 Å². The Morgan fingerprint density at radius 1 is 1.50 bits per heavy atom. The first-order chi connectivity index (χ1) is 6.35. The van der Waals surface area contributed by atoms with Gasteiger partial charge in [-0.2, -0.15) is 0 Å². The standard InChI is InChI=1S/C8H16N2O4/c1-8(2,4-11)6(7(10)13)14-5(12)3-9/h6,11H,3-4,9H2,1-2H3,(H2,10,13)/t6-/m0/s1. The number of primary amides is 1. The summed E-state index contributed by atoms with van der Waals surface area (Å²) in [6, 6.07) is 0. The first-order valence-corrected chi connectivity index (χ1v) is 4.15. The summed E-state index contributed by atoms with van der Waals surface area (Å²) >= 11 is 0. The first kappa shape index (κ1) is 12.9. The summed E-state index contributed by atoms with van der Waals surface area (Å²) < 4.78 is 4.72. The SMILES string of the molecule is CC(C)(CO)[C@@H](OC(=O)CN)C(N)=O. The Hall–Kier alpha value is -1.14. The fourth-order valence-corrected chi connectivity index (χ4v) is 0.865. The van der Waals surface area contributed by atoms with Crippen LogP contribution in [-0.4, -0.2) is 36.2 Å². The number of carbonyl (C=O) groups is 2. The van der Waals surface area contributed by atoms with Crippen LogP contribution in [0.5, 0.6) is 0 Å². The van der Waals surface area contributed by atoms with E-state index in [0.717, 1.165) is 0 Å². The highest BCUT2D eigenvalue weighted by Crippen LogP contribution is 2.22. The molecule has 0 radical (unpaired) electrons. The van der Waals surface area contributed by atoms with Crippen LogP contribution < -0.4 is 11.5 Å². The lowest BCUT2D eigenvalue weighted by molar-refractivity contribution is -0.162. The van der Waals surface area contributed by atoms with Gasteiger partial charge in [-0.05, 0) is 0 Å². The lowest BCUT2D eigenvalue weighted by Crippen LogP contribution is -2.46. The number of esters is 1. The van der Waals surface area contributed by atoms with Crippen LogP contribution in [0.2, 0.25) is 0 Å². The number of rotatable bonds is 5. The van der Waals surface area contributed by atoms with Gasteiger partial charge in [0.05, 0.1) is 13.2 Å². The van der Waals surface area contributed by atoms with Crippen LogP contribution in [0.4, 0.5) is 0 Å². The number of hydrogen-bond donors (Lipinski definition) is 3. The molecule has 0 aromatic heterocycles. The molecule has 0 aliphatic rings. The molecule has 0 aromatic carbocycles. The van der Waals surface area contributed by atoms with E-state index in [1.165, 1.54) is 0 Å². The number of aliphatic hydroxyl groups excluding tert-OH is 1. The molecule has 0 saturated carbocycles. The molecule has 0 fully saturated rings. The topological polar surface area (TPSA) is 116 Å². The van der Waals surface area contributed by atoms with Gasteiger partial charge in [-0.25, -0.2) is 0 Å². The van der Waals surface area contributed by atoms with Crippen molar-refractivity contribution in [3.8, 4) is 0 Å². The molecule has 0 spiro atoms. The predicted molar refractivity (Wildman–Crippen MR) is 49.0 cm³/mol. The minimum absolute atomic E-state index is 0.321. The van der Waals surface area contributed by atoms with Crippen molar-refractivity contribution in [2.45, 2.75) is 20.0 Å². The molecular weight excluding hydrogens is 188 g/mol. The fraction of sp³-hybridized carbons (Fsp3) is 0.750. The Bertz CT molecular complexity index is 227. The zero-order valence-electron chi connectivity index (χ0n) is 8.32. The molecule has 1 amide bonds. The van der Waals surface area contributed by atoms with E-state index in [1.807, 2.05) is 0 Å². The summed E-state index contributed by atoms with van der Waals surface area (Å²) in [5, 5.41) is 8.97. The number of nitrogens with two attached hydrogens (primary N) is 2. The second-order valence-electron chi connectivity index (χ2n) is 3.62. The highest BCUT2D eigenvalue weighted by atomic mass is 16.5. The minimum Gasteiger partial charge on any atom is -0.451 e. The molecule has 0 aliphatic carbocycles. The van der Waals surface area contributed by atoms with E-state index in [0.29, 0.717) is 0 Å². The van der Waals surface area contributed by atoms with E-state index in [2.05, 4.69) is 0 Å². The van der Waals surface area contributed by atoms with Crippen molar-refractivity contribution in [3.63, 3.8) is 0 Å². The van der Waals surface area contributed by atoms with Crippen LogP contribution >= 0.6 is 0 Å². The zero-order chi connectivity index (χ0) is 11.4. The zero-order valence-corrected chi connectivity index (χ0v) is 8.32. The quantitative estimate of drug-likeness (QED) is 0.464. The summed E-state index contributed by atoms with van der Waals surface area (Å²) in [4.78, 5) is 21.8. The largest absolute Gasteiger partial charge is 0.451 e. The van der Waals surface area contributed by atoms with Gasteiger partial charge < -0.3 is 21.3 Å². The summed E-state index contributed by atoms with van der Waals surface area (Å²) in [6.07, 6.45) is -1.16. The molecule has 82 valence electrons. The van der Waals surface area contributed by atoms with Crippen LogP contribution in [-0.2, 0) is 14.3 Å². The highest BCUT2D eigenvalue weighted by molar-refractivity contribution is 5.83. The van der Waals surface area contributed by atoms with Crippen molar-refractivity contribution in [1.29, 1.82) is 0 Å². The summed E-state index contributed by atoms with van der Waals surface area (Å²) in [6.45, 7) is 2.47. The molecule has 0 bridgehead atoms. The van der Waals surface area contributed by atoms with Gasteiger partial charge in [0.25, 0.3) is 5.91 Å². The van der Waals surface area contributed by atoms with E-state index in [-0.39, 0.29) is 13.2 Å².